The smallest absolute Gasteiger partial charge is 0.342 e. The van der Waals surface area contributed by atoms with Gasteiger partial charge in [0.25, 0.3) is 0 Å². The summed E-state index contributed by atoms with van der Waals surface area (Å²) in [5, 5.41) is 9.85. The number of ether oxygens (including phenoxy) is 8. The van der Waals surface area contributed by atoms with Crippen LogP contribution in [0.25, 0.3) is 6.08 Å². The molecule has 1 heterocycles. The first-order chi connectivity index (χ1) is 17.4. The van der Waals surface area contributed by atoms with Crippen LogP contribution in [0, 0.1) is 0 Å². The van der Waals surface area contributed by atoms with E-state index in [-0.39, 0.29) is 31.5 Å². The number of carbonyl (C=O) groups excluding carboxylic acids is 1. The molecule has 1 aromatic carbocycles. The Bertz CT molecular complexity index is 896. The summed E-state index contributed by atoms with van der Waals surface area (Å²) in [6, 6.07) is 4.15. The van der Waals surface area contributed by atoms with Crippen molar-refractivity contribution in [3.8, 4) is 11.5 Å². The first-order valence-corrected chi connectivity index (χ1v) is 15.9. The second-order valence-electron chi connectivity index (χ2n) is 10.3. The van der Waals surface area contributed by atoms with Gasteiger partial charge in [-0.25, -0.2) is 4.79 Å². The quantitative estimate of drug-likeness (QED) is 0.200. The van der Waals surface area contributed by atoms with Crippen molar-refractivity contribution < 1.29 is 47.8 Å². The number of aliphatic hydroxyl groups excluding tert-OH is 1. The van der Waals surface area contributed by atoms with Crippen molar-refractivity contribution >= 4 is 20.1 Å². The van der Waals surface area contributed by atoms with Crippen LogP contribution >= 0.6 is 0 Å². The molecule has 11 heteroatoms. The minimum Gasteiger partial charge on any atom is -0.497 e. The van der Waals surface area contributed by atoms with E-state index < -0.39 is 38.1 Å². The monoisotopic (exact) mass is 542 g/mol. The molecule has 0 spiro atoms. The third kappa shape index (κ3) is 9.68. The van der Waals surface area contributed by atoms with Crippen LogP contribution in [0.5, 0.6) is 11.5 Å². The highest BCUT2D eigenvalue weighted by atomic mass is 28.3. The van der Waals surface area contributed by atoms with E-state index in [1.165, 1.54) is 21.3 Å². The average Bonchev–Trinajstić information content (AvgIpc) is 3.15. The second-order valence-corrected chi connectivity index (χ2v) is 15.9. The van der Waals surface area contributed by atoms with Crippen LogP contribution in [0.15, 0.2) is 18.2 Å². The van der Waals surface area contributed by atoms with Crippen LogP contribution in [-0.2, 0) is 28.4 Å². The highest BCUT2D eigenvalue weighted by Gasteiger charge is 2.44. The molecule has 2 rings (SSSR count). The van der Waals surface area contributed by atoms with Crippen molar-refractivity contribution in [2.24, 2.45) is 0 Å². The Morgan fingerprint density at radius 3 is 2.43 bits per heavy atom. The molecule has 1 aromatic rings. The number of benzene rings is 1. The topological polar surface area (TPSA) is 111 Å². The van der Waals surface area contributed by atoms with Crippen LogP contribution < -0.4 is 9.47 Å². The fourth-order valence-electron chi connectivity index (χ4n) is 3.72. The number of hydrogen-bond donors (Lipinski definition) is 1. The van der Waals surface area contributed by atoms with Gasteiger partial charge in [0.1, 0.15) is 42.2 Å². The lowest BCUT2D eigenvalue weighted by atomic mass is 10.0. The highest BCUT2D eigenvalue weighted by molar-refractivity contribution is 6.76. The number of methoxy groups -OCH3 is 3. The standard InChI is InChI=1S/C26H42O10Si/c1-26(2)35-22(15-27)24(36-26)20(33-16-29-3)10-9-18-13-19(31-5)14-21(34-17-30-4)23(18)25(28)32-11-12-37(6,7)8/h9-10,13-14,20,22,24,27H,11-12,15-17H2,1-8H3/b10-9+. The summed E-state index contributed by atoms with van der Waals surface area (Å²) in [5.74, 6) is -0.671. The van der Waals surface area contributed by atoms with Crippen LogP contribution in [0.3, 0.4) is 0 Å². The zero-order valence-electron chi connectivity index (χ0n) is 23.2. The molecule has 210 valence electrons. The zero-order chi connectivity index (χ0) is 27.6. The first kappa shape index (κ1) is 31.2. The summed E-state index contributed by atoms with van der Waals surface area (Å²) in [6.07, 6.45) is 1.54. The normalized spacial score (nSPS) is 20.2. The Hall–Kier alpha value is -1.99. The molecule has 37 heavy (non-hydrogen) atoms. The molecular weight excluding hydrogens is 500 g/mol. The molecule has 1 N–H and O–H groups in total. The minimum atomic E-state index is -1.41. The lowest BCUT2D eigenvalue weighted by Gasteiger charge is -2.24. The van der Waals surface area contributed by atoms with Crippen molar-refractivity contribution in [2.75, 3.05) is 48.1 Å². The summed E-state index contributed by atoms with van der Waals surface area (Å²) >= 11 is 0. The van der Waals surface area contributed by atoms with Crippen LogP contribution in [0.4, 0.5) is 0 Å². The van der Waals surface area contributed by atoms with Gasteiger partial charge in [-0.05, 0) is 31.5 Å². The molecule has 0 saturated carbocycles. The molecule has 1 aliphatic heterocycles. The van der Waals surface area contributed by atoms with Gasteiger partial charge in [-0.3, -0.25) is 0 Å². The predicted molar refractivity (Wildman–Crippen MR) is 141 cm³/mol. The summed E-state index contributed by atoms with van der Waals surface area (Å²) in [7, 11) is 3.12. The van der Waals surface area contributed by atoms with Gasteiger partial charge in [0.2, 0.25) is 0 Å². The van der Waals surface area contributed by atoms with E-state index in [0.717, 1.165) is 6.04 Å². The zero-order valence-corrected chi connectivity index (χ0v) is 24.2. The van der Waals surface area contributed by atoms with Gasteiger partial charge in [-0.2, -0.15) is 0 Å². The summed E-state index contributed by atoms with van der Waals surface area (Å²) in [4.78, 5) is 13.3. The highest BCUT2D eigenvalue weighted by Crippen LogP contribution is 2.34. The number of aliphatic hydroxyl groups is 1. The number of carbonyl (C=O) groups is 1. The maximum Gasteiger partial charge on any atom is 0.342 e. The molecule has 0 aliphatic carbocycles. The SMILES string of the molecule is COCOc1cc(OC)cc(/C=C/C(OCOC)C2OC(C)(C)OC2CO)c1C(=O)OCC[Si](C)(C)C. The Morgan fingerprint density at radius 2 is 1.84 bits per heavy atom. The predicted octanol–water partition coefficient (Wildman–Crippen LogP) is 3.69. The van der Waals surface area contributed by atoms with Crippen molar-refractivity contribution in [1.29, 1.82) is 0 Å². The molecule has 0 radical (unpaired) electrons. The van der Waals surface area contributed by atoms with Gasteiger partial charge in [0.05, 0.1) is 20.3 Å². The first-order valence-electron chi connectivity index (χ1n) is 12.2. The van der Waals surface area contributed by atoms with E-state index in [1.54, 1.807) is 38.1 Å². The molecule has 0 bridgehead atoms. The van der Waals surface area contributed by atoms with Crippen molar-refractivity contribution in [3.05, 3.63) is 29.3 Å². The lowest BCUT2D eigenvalue weighted by Crippen LogP contribution is -2.38. The minimum absolute atomic E-state index is 0.0145. The summed E-state index contributed by atoms with van der Waals surface area (Å²) in [5.41, 5.74) is 0.728. The van der Waals surface area contributed by atoms with E-state index in [9.17, 15) is 9.90 Å². The van der Waals surface area contributed by atoms with E-state index >= 15 is 0 Å². The number of esters is 1. The average molecular weight is 543 g/mol. The molecule has 10 nitrogen and oxygen atoms in total. The van der Waals surface area contributed by atoms with E-state index in [4.69, 9.17) is 37.9 Å². The fraction of sp³-hybridized carbons (Fsp3) is 0.654. The van der Waals surface area contributed by atoms with Crippen molar-refractivity contribution in [2.45, 2.75) is 63.6 Å². The third-order valence-corrected chi connectivity index (χ3v) is 7.24. The van der Waals surface area contributed by atoms with Gasteiger partial charge < -0.3 is 43.0 Å². The van der Waals surface area contributed by atoms with Gasteiger partial charge in [0.15, 0.2) is 12.6 Å². The Morgan fingerprint density at radius 1 is 1.14 bits per heavy atom. The molecule has 3 unspecified atom stereocenters. The Balaban J connectivity index is 2.46. The molecule has 1 aliphatic rings. The van der Waals surface area contributed by atoms with Crippen LogP contribution in [-0.4, -0.2) is 91.4 Å². The molecule has 1 fully saturated rings. The second kappa shape index (κ2) is 14.2. The van der Waals surface area contributed by atoms with Gasteiger partial charge in [-0.15, -0.1) is 0 Å². The number of rotatable bonds is 15. The molecule has 3 atom stereocenters. The van der Waals surface area contributed by atoms with Gasteiger partial charge >= 0.3 is 5.97 Å². The Labute approximate surface area is 220 Å². The maximum absolute atomic E-state index is 13.3. The Kier molecular flexibility index (Phi) is 12.0. The van der Waals surface area contributed by atoms with Crippen LogP contribution in [0.2, 0.25) is 25.7 Å². The lowest BCUT2D eigenvalue weighted by molar-refractivity contribution is -0.164. The van der Waals surface area contributed by atoms with Crippen molar-refractivity contribution in [1.82, 2.24) is 0 Å². The van der Waals surface area contributed by atoms with Crippen molar-refractivity contribution in [3.63, 3.8) is 0 Å². The molecule has 1 saturated heterocycles. The van der Waals surface area contributed by atoms with Gasteiger partial charge in [-0.1, -0.05) is 31.8 Å². The third-order valence-electron chi connectivity index (χ3n) is 5.53. The fourth-order valence-corrected chi connectivity index (χ4v) is 4.44. The number of hydrogen-bond acceptors (Lipinski definition) is 10. The van der Waals surface area contributed by atoms with Gasteiger partial charge in [0, 0.05) is 28.4 Å². The maximum atomic E-state index is 13.3. The largest absolute Gasteiger partial charge is 0.497 e. The molecule has 0 amide bonds. The van der Waals surface area contributed by atoms with E-state index in [0.29, 0.717) is 17.9 Å². The molecule has 0 aromatic heterocycles. The van der Waals surface area contributed by atoms with Crippen LogP contribution in [0.1, 0.15) is 29.8 Å². The van der Waals surface area contributed by atoms with E-state index in [1.807, 2.05) is 0 Å². The van der Waals surface area contributed by atoms with E-state index in [2.05, 4.69) is 19.6 Å². The summed E-state index contributed by atoms with van der Waals surface area (Å²) < 4.78 is 44.6. The summed E-state index contributed by atoms with van der Waals surface area (Å²) in [6.45, 7) is 10.2. The molecular formula is C26H42O10Si.